The molecule has 6 heteroatoms. The summed E-state index contributed by atoms with van der Waals surface area (Å²) in [6, 6.07) is 9.98. The highest BCUT2D eigenvalue weighted by atomic mass is 16.5. The van der Waals surface area contributed by atoms with Crippen LogP contribution >= 0.6 is 0 Å². The molecule has 1 atom stereocenters. The van der Waals surface area contributed by atoms with Gasteiger partial charge in [0.2, 0.25) is 0 Å². The molecule has 0 saturated carbocycles. The highest BCUT2D eigenvalue weighted by Gasteiger charge is 2.37. The maximum absolute atomic E-state index is 9.96. The topological polar surface area (TPSA) is 84.3 Å². The second-order valence-electron chi connectivity index (χ2n) is 5.78. The minimum absolute atomic E-state index is 0.0381. The van der Waals surface area contributed by atoms with E-state index in [1.165, 1.54) is 5.56 Å². The first-order valence-corrected chi connectivity index (χ1v) is 7.60. The van der Waals surface area contributed by atoms with Crippen LogP contribution in [0.4, 0.5) is 0 Å². The molecule has 118 valence electrons. The molecule has 0 fully saturated rings. The van der Waals surface area contributed by atoms with Crippen molar-refractivity contribution in [1.29, 1.82) is 0 Å². The fourth-order valence-electron chi connectivity index (χ4n) is 3.17. The van der Waals surface area contributed by atoms with Crippen LogP contribution in [0.5, 0.6) is 0 Å². The van der Waals surface area contributed by atoms with Crippen LogP contribution in [0.2, 0.25) is 0 Å². The fraction of sp³-hybridized carbons (Fsp3) is 0.294. The molecule has 6 nitrogen and oxygen atoms in total. The van der Waals surface area contributed by atoms with Gasteiger partial charge in [-0.25, -0.2) is 0 Å². The standard InChI is InChI=1S/C17H17N3O3/c21-11-17(7-5-12-3-1-2-4-14(12)17)18-9-15-19-16(23-20-15)13-6-8-22-10-13/h1-4,6,8,10,18,21H,5,7,9,11H2. The van der Waals surface area contributed by atoms with Gasteiger partial charge in [-0.05, 0) is 30.0 Å². The van der Waals surface area contributed by atoms with Gasteiger partial charge in [0.05, 0.1) is 30.5 Å². The van der Waals surface area contributed by atoms with E-state index in [-0.39, 0.29) is 6.61 Å². The lowest BCUT2D eigenvalue weighted by molar-refractivity contribution is 0.157. The third kappa shape index (κ3) is 2.46. The number of aromatic nitrogens is 2. The number of hydrogen-bond donors (Lipinski definition) is 2. The van der Waals surface area contributed by atoms with Gasteiger partial charge in [0.1, 0.15) is 6.26 Å². The van der Waals surface area contributed by atoms with Crippen LogP contribution in [0, 0.1) is 0 Å². The van der Waals surface area contributed by atoms with Crippen LogP contribution in [0.15, 0.2) is 51.8 Å². The highest BCUT2D eigenvalue weighted by Crippen LogP contribution is 2.36. The van der Waals surface area contributed by atoms with E-state index in [1.807, 2.05) is 12.1 Å². The Balaban J connectivity index is 1.52. The first-order valence-electron chi connectivity index (χ1n) is 7.60. The number of furan rings is 1. The molecular weight excluding hydrogens is 294 g/mol. The molecular formula is C17H17N3O3. The van der Waals surface area contributed by atoms with E-state index in [0.717, 1.165) is 24.0 Å². The zero-order valence-corrected chi connectivity index (χ0v) is 12.5. The van der Waals surface area contributed by atoms with E-state index in [1.54, 1.807) is 18.6 Å². The van der Waals surface area contributed by atoms with E-state index in [9.17, 15) is 5.11 Å². The Hall–Kier alpha value is -2.44. The molecule has 1 aromatic carbocycles. The first kappa shape index (κ1) is 14.2. The van der Waals surface area contributed by atoms with Crippen molar-refractivity contribution < 1.29 is 14.0 Å². The molecule has 0 radical (unpaired) electrons. The van der Waals surface area contributed by atoms with E-state index >= 15 is 0 Å². The molecule has 0 spiro atoms. The maximum atomic E-state index is 9.96. The molecule has 0 bridgehead atoms. The van der Waals surface area contributed by atoms with Gasteiger partial charge in [-0.15, -0.1) is 0 Å². The Bertz CT molecular complexity index is 797. The van der Waals surface area contributed by atoms with Crippen LogP contribution in [-0.2, 0) is 18.5 Å². The Labute approximate surface area is 133 Å². The van der Waals surface area contributed by atoms with Crippen LogP contribution in [-0.4, -0.2) is 21.9 Å². The predicted molar refractivity (Wildman–Crippen MR) is 82.4 cm³/mol. The van der Waals surface area contributed by atoms with Crippen molar-refractivity contribution in [2.24, 2.45) is 0 Å². The second kappa shape index (κ2) is 5.64. The molecule has 1 unspecified atom stereocenters. The van der Waals surface area contributed by atoms with E-state index in [4.69, 9.17) is 8.94 Å². The summed E-state index contributed by atoms with van der Waals surface area (Å²) in [6.07, 6.45) is 4.94. The van der Waals surface area contributed by atoms with Crippen molar-refractivity contribution in [3.63, 3.8) is 0 Å². The normalized spacial score (nSPS) is 19.9. The molecule has 3 aromatic rings. The monoisotopic (exact) mass is 311 g/mol. The Morgan fingerprint density at radius 1 is 1.26 bits per heavy atom. The average Bonchev–Trinajstić information content (AvgIpc) is 3.32. The molecule has 0 saturated heterocycles. The molecule has 2 aromatic heterocycles. The number of aryl methyl sites for hydroxylation is 1. The molecule has 1 aliphatic rings. The van der Waals surface area contributed by atoms with Gasteiger partial charge >= 0.3 is 0 Å². The molecule has 2 heterocycles. The molecule has 0 amide bonds. The van der Waals surface area contributed by atoms with Gasteiger partial charge < -0.3 is 14.0 Å². The van der Waals surface area contributed by atoms with Crippen molar-refractivity contribution in [3.05, 3.63) is 59.8 Å². The van der Waals surface area contributed by atoms with Gasteiger partial charge in [0.15, 0.2) is 5.82 Å². The summed E-state index contributed by atoms with van der Waals surface area (Å²) in [5.74, 6) is 0.985. The lowest BCUT2D eigenvalue weighted by Crippen LogP contribution is -2.43. The summed E-state index contributed by atoms with van der Waals surface area (Å²) in [5.41, 5.74) is 2.75. The zero-order chi connectivity index (χ0) is 15.7. The summed E-state index contributed by atoms with van der Waals surface area (Å²) in [5, 5.41) is 17.4. The Morgan fingerprint density at radius 3 is 3.00 bits per heavy atom. The second-order valence-corrected chi connectivity index (χ2v) is 5.78. The molecule has 23 heavy (non-hydrogen) atoms. The summed E-state index contributed by atoms with van der Waals surface area (Å²) >= 11 is 0. The van der Waals surface area contributed by atoms with Gasteiger partial charge in [-0.3, -0.25) is 5.32 Å². The molecule has 4 rings (SSSR count). The minimum Gasteiger partial charge on any atom is -0.472 e. The zero-order valence-electron chi connectivity index (χ0n) is 12.5. The first-order chi connectivity index (χ1) is 11.3. The number of aliphatic hydroxyl groups is 1. The van der Waals surface area contributed by atoms with Crippen LogP contribution in [0.1, 0.15) is 23.4 Å². The summed E-state index contributed by atoms with van der Waals surface area (Å²) in [6.45, 7) is 0.465. The fourth-order valence-corrected chi connectivity index (χ4v) is 3.17. The number of aliphatic hydroxyl groups excluding tert-OH is 1. The van der Waals surface area contributed by atoms with Crippen molar-refractivity contribution in [1.82, 2.24) is 15.5 Å². The maximum Gasteiger partial charge on any atom is 0.261 e. The number of benzene rings is 1. The SMILES string of the molecule is OCC1(NCc2noc(-c3ccoc3)n2)CCc2ccccc21. The lowest BCUT2D eigenvalue weighted by Gasteiger charge is -2.29. The van der Waals surface area contributed by atoms with Crippen molar-refractivity contribution in [2.75, 3.05) is 6.61 Å². The molecule has 2 N–H and O–H groups in total. The number of hydrogen-bond acceptors (Lipinski definition) is 6. The van der Waals surface area contributed by atoms with Gasteiger partial charge in [0.25, 0.3) is 5.89 Å². The van der Waals surface area contributed by atoms with Crippen LogP contribution < -0.4 is 5.32 Å². The van der Waals surface area contributed by atoms with E-state index < -0.39 is 5.54 Å². The van der Waals surface area contributed by atoms with Gasteiger partial charge in [0, 0.05) is 0 Å². The Kier molecular flexibility index (Phi) is 3.48. The highest BCUT2D eigenvalue weighted by molar-refractivity contribution is 5.49. The number of rotatable bonds is 5. The summed E-state index contributed by atoms with van der Waals surface area (Å²) < 4.78 is 10.3. The largest absolute Gasteiger partial charge is 0.472 e. The van der Waals surface area contributed by atoms with Gasteiger partial charge in [-0.2, -0.15) is 4.98 Å². The van der Waals surface area contributed by atoms with Crippen LogP contribution in [0.3, 0.4) is 0 Å². The number of nitrogens with zero attached hydrogens (tertiary/aromatic N) is 2. The van der Waals surface area contributed by atoms with Crippen molar-refractivity contribution >= 4 is 0 Å². The predicted octanol–water partition coefficient (Wildman–Crippen LogP) is 2.25. The van der Waals surface area contributed by atoms with Gasteiger partial charge in [-0.1, -0.05) is 29.4 Å². The lowest BCUT2D eigenvalue weighted by atomic mass is 9.92. The summed E-state index contributed by atoms with van der Waals surface area (Å²) in [4.78, 5) is 4.35. The number of nitrogens with one attached hydrogen (secondary N) is 1. The Morgan fingerprint density at radius 2 is 2.17 bits per heavy atom. The quantitative estimate of drug-likeness (QED) is 0.752. The van der Waals surface area contributed by atoms with Crippen LogP contribution in [0.25, 0.3) is 11.5 Å². The molecule has 1 aliphatic carbocycles. The average molecular weight is 311 g/mol. The van der Waals surface area contributed by atoms with Crippen molar-refractivity contribution in [3.8, 4) is 11.5 Å². The third-order valence-electron chi connectivity index (χ3n) is 4.45. The van der Waals surface area contributed by atoms with Crippen molar-refractivity contribution in [2.45, 2.75) is 24.9 Å². The summed E-state index contributed by atoms with van der Waals surface area (Å²) in [7, 11) is 0. The van der Waals surface area contributed by atoms with E-state index in [0.29, 0.717) is 18.3 Å². The minimum atomic E-state index is -0.437. The van der Waals surface area contributed by atoms with E-state index in [2.05, 4.69) is 27.6 Å². The number of fused-ring (bicyclic) bond motifs is 1. The molecule has 0 aliphatic heterocycles. The smallest absolute Gasteiger partial charge is 0.261 e. The third-order valence-corrected chi connectivity index (χ3v) is 4.45.